The molecular formula is C31H20N12. The molecule has 0 radical (unpaired) electrons. The van der Waals surface area contributed by atoms with Crippen LogP contribution in [0.4, 0.5) is 0 Å². The Morgan fingerprint density at radius 3 is 2.19 bits per heavy atom. The van der Waals surface area contributed by atoms with Crippen LogP contribution in [0.2, 0.25) is 0 Å². The van der Waals surface area contributed by atoms with E-state index in [1.54, 1.807) is 68.0 Å². The summed E-state index contributed by atoms with van der Waals surface area (Å²) in [5.74, 6) is 1.17. The normalized spacial score (nSPS) is 11.3. The summed E-state index contributed by atoms with van der Waals surface area (Å²) in [6, 6.07) is 15.4. The molecule has 0 saturated carbocycles. The summed E-state index contributed by atoms with van der Waals surface area (Å²) in [6.07, 6.45) is 17.2. The first-order valence-corrected chi connectivity index (χ1v) is 13.4. The summed E-state index contributed by atoms with van der Waals surface area (Å²) < 4.78 is 2.12. The number of aromatic nitrogens is 12. The summed E-state index contributed by atoms with van der Waals surface area (Å²) in [5, 5.41) is 16.4. The highest BCUT2D eigenvalue weighted by atomic mass is 15.1. The van der Waals surface area contributed by atoms with Crippen molar-refractivity contribution < 1.29 is 0 Å². The fourth-order valence-corrected chi connectivity index (χ4v) is 5.42. The fraction of sp³-hybridized carbons (Fsp3) is 0. The highest BCUT2D eigenvalue weighted by Gasteiger charge is 2.31. The van der Waals surface area contributed by atoms with Gasteiger partial charge in [0.2, 0.25) is 0 Å². The first kappa shape index (κ1) is 24.4. The molecule has 0 fully saturated rings. The molecule has 8 aromatic rings. The number of nitrogens with zero attached hydrogens (tertiary/aromatic N) is 10. The number of H-pyrrole nitrogens is 2. The number of rotatable bonds is 6. The highest BCUT2D eigenvalue weighted by molar-refractivity contribution is 6.05. The maximum Gasteiger partial charge on any atom is 0.162 e. The summed E-state index contributed by atoms with van der Waals surface area (Å²) in [6.45, 7) is 0. The van der Waals surface area contributed by atoms with Crippen molar-refractivity contribution in [2.45, 2.75) is 0 Å². The van der Waals surface area contributed by atoms with Gasteiger partial charge in [-0.3, -0.25) is 20.1 Å². The number of fused-ring (bicyclic) bond motifs is 1. The molecule has 0 atom stereocenters. The second-order valence-electron chi connectivity index (χ2n) is 9.49. The van der Waals surface area contributed by atoms with Gasteiger partial charge >= 0.3 is 0 Å². The van der Waals surface area contributed by atoms with E-state index in [1.807, 2.05) is 36.4 Å². The zero-order valence-corrected chi connectivity index (χ0v) is 22.4. The number of aromatic amines is 2. The van der Waals surface area contributed by atoms with E-state index in [2.05, 4.69) is 45.8 Å². The van der Waals surface area contributed by atoms with E-state index >= 15 is 0 Å². The van der Waals surface area contributed by atoms with Gasteiger partial charge in [-0.15, -0.1) is 0 Å². The van der Waals surface area contributed by atoms with Crippen LogP contribution in [0.25, 0.3) is 73.6 Å². The van der Waals surface area contributed by atoms with Gasteiger partial charge in [-0.25, -0.2) is 15.0 Å². The molecule has 12 heteroatoms. The zero-order valence-electron chi connectivity index (χ0n) is 22.4. The second-order valence-corrected chi connectivity index (χ2v) is 9.49. The number of nitrogens with one attached hydrogen (secondary N) is 2. The fourth-order valence-electron chi connectivity index (χ4n) is 5.42. The molecule has 0 amide bonds. The van der Waals surface area contributed by atoms with Gasteiger partial charge in [0.05, 0.1) is 45.7 Å². The van der Waals surface area contributed by atoms with E-state index < -0.39 is 0 Å². The van der Waals surface area contributed by atoms with E-state index in [1.165, 1.54) is 0 Å². The average Bonchev–Trinajstić information content (AvgIpc) is 3.87. The molecule has 0 bridgehead atoms. The van der Waals surface area contributed by atoms with Gasteiger partial charge < -0.3 is 9.38 Å². The largest absolute Gasteiger partial charge is 0.345 e. The van der Waals surface area contributed by atoms with Crippen LogP contribution in [-0.4, -0.2) is 59.7 Å². The maximum absolute atomic E-state index is 4.83. The number of pyridine rings is 2. The summed E-state index contributed by atoms with van der Waals surface area (Å²) >= 11 is 0. The Kier molecular flexibility index (Phi) is 5.78. The third-order valence-corrected chi connectivity index (χ3v) is 7.06. The molecular weight excluding hydrogens is 540 g/mol. The van der Waals surface area contributed by atoms with Crippen LogP contribution in [0.5, 0.6) is 0 Å². The predicted molar refractivity (Wildman–Crippen MR) is 159 cm³/mol. The molecule has 0 aromatic carbocycles. The molecule has 12 nitrogen and oxygen atoms in total. The summed E-state index contributed by atoms with van der Waals surface area (Å²) in [7, 11) is 0. The topological polar surface area (TPSA) is 152 Å². The lowest BCUT2D eigenvalue weighted by molar-refractivity contribution is 1.04. The van der Waals surface area contributed by atoms with Crippen LogP contribution in [0, 0.1) is 0 Å². The third-order valence-electron chi connectivity index (χ3n) is 7.06. The molecule has 2 N–H and O–H groups in total. The molecule has 8 heterocycles. The van der Waals surface area contributed by atoms with Gasteiger partial charge in [0, 0.05) is 72.5 Å². The number of hydrogen-bond donors (Lipinski definition) is 2. The lowest BCUT2D eigenvalue weighted by Crippen LogP contribution is -2.03. The standard InChI is InChI=1S/C31H20N12/c1-2-8-33-22(5-1)28-25(21-7-12-40-42-21)19(30-37-15-16-38-30)17-24-26(20-6-3-11-39-41-20)27(31-35-9-4-10-36-31)29(43(24)28)23-18-32-13-14-34-23/h1-18H,(H,37,38)(H,40,42). The van der Waals surface area contributed by atoms with E-state index in [-0.39, 0.29) is 0 Å². The minimum Gasteiger partial charge on any atom is -0.345 e. The van der Waals surface area contributed by atoms with Crippen LogP contribution >= 0.6 is 0 Å². The van der Waals surface area contributed by atoms with Gasteiger partial charge in [0.25, 0.3) is 0 Å². The van der Waals surface area contributed by atoms with Crippen molar-refractivity contribution in [1.29, 1.82) is 0 Å². The maximum atomic E-state index is 4.83. The quantitative estimate of drug-likeness (QED) is 0.281. The molecule has 0 aliphatic carbocycles. The van der Waals surface area contributed by atoms with Gasteiger partial charge in [0.1, 0.15) is 11.5 Å². The third kappa shape index (κ3) is 4.04. The molecule has 43 heavy (non-hydrogen) atoms. The molecule has 0 unspecified atom stereocenters. The summed E-state index contributed by atoms with van der Waals surface area (Å²) in [5.41, 5.74) is 8.11. The van der Waals surface area contributed by atoms with Crippen molar-refractivity contribution in [3.8, 4) is 68.1 Å². The van der Waals surface area contributed by atoms with E-state index in [9.17, 15) is 0 Å². The van der Waals surface area contributed by atoms with Crippen LogP contribution in [0.3, 0.4) is 0 Å². The van der Waals surface area contributed by atoms with Crippen molar-refractivity contribution in [1.82, 2.24) is 59.7 Å². The Bertz CT molecular complexity index is 2140. The first-order chi connectivity index (χ1) is 21.4. The summed E-state index contributed by atoms with van der Waals surface area (Å²) in [4.78, 5) is 31.3. The van der Waals surface area contributed by atoms with Crippen LogP contribution in [0.1, 0.15) is 0 Å². The average molecular weight is 561 g/mol. The van der Waals surface area contributed by atoms with Crippen molar-refractivity contribution >= 4 is 5.52 Å². The van der Waals surface area contributed by atoms with E-state index in [4.69, 9.17) is 19.9 Å². The van der Waals surface area contributed by atoms with Crippen molar-refractivity contribution in [2.24, 2.45) is 0 Å². The van der Waals surface area contributed by atoms with Crippen LogP contribution in [0.15, 0.2) is 110 Å². The second kappa shape index (κ2) is 10.2. The highest BCUT2D eigenvalue weighted by Crippen LogP contribution is 2.48. The Morgan fingerprint density at radius 1 is 0.605 bits per heavy atom. The molecule has 8 rings (SSSR count). The molecule has 0 aliphatic rings. The Labute approximate surface area is 243 Å². The van der Waals surface area contributed by atoms with E-state index in [0.717, 1.165) is 39.2 Å². The molecule has 0 aliphatic heterocycles. The molecule has 0 spiro atoms. The van der Waals surface area contributed by atoms with E-state index in [0.29, 0.717) is 34.4 Å². The van der Waals surface area contributed by atoms with Crippen LogP contribution < -0.4 is 0 Å². The van der Waals surface area contributed by atoms with Crippen LogP contribution in [-0.2, 0) is 0 Å². The molecule has 0 saturated heterocycles. The number of imidazole rings is 1. The Hall–Kier alpha value is -6.43. The minimum absolute atomic E-state index is 0.500. The van der Waals surface area contributed by atoms with Crippen molar-refractivity contribution in [3.05, 3.63) is 110 Å². The van der Waals surface area contributed by atoms with Gasteiger partial charge in [-0.05, 0) is 42.5 Å². The monoisotopic (exact) mass is 560 g/mol. The molecule has 204 valence electrons. The predicted octanol–water partition coefficient (Wildman–Crippen LogP) is 5.15. The Morgan fingerprint density at radius 2 is 1.47 bits per heavy atom. The molecule has 8 aromatic heterocycles. The lowest BCUT2D eigenvalue weighted by atomic mass is 9.98. The Balaban J connectivity index is 1.68. The number of hydrogen-bond acceptors (Lipinski definition) is 9. The van der Waals surface area contributed by atoms with Crippen molar-refractivity contribution in [2.75, 3.05) is 0 Å². The lowest BCUT2D eigenvalue weighted by Gasteiger charge is -2.17. The SMILES string of the molecule is c1ccc(-c2c(-c3cc[nH]n3)c(-c3ncc[nH]3)cc3c(-c4cccnn4)c(-c4ncccn4)c(-c4cnccn4)n23)nc1. The van der Waals surface area contributed by atoms with Gasteiger partial charge in [-0.1, -0.05) is 6.07 Å². The zero-order chi connectivity index (χ0) is 28.6. The van der Waals surface area contributed by atoms with Gasteiger partial charge in [0.15, 0.2) is 5.82 Å². The van der Waals surface area contributed by atoms with Gasteiger partial charge in [-0.2, -0.15) is 15.3 Å². The first-order valence-electron chi connectivity index (χ1n) is 13.4. The van der Waals surface area contributed by atoms with Crippen molar-refractivity contribution in [3.63, 3.8) is 0 Å². The minimum atomic E-state index is 0.500. The smallest absolute Gasteiger partial charge is 0.162 e.